The Kier molecular flexibility index (Phi) is 6.36. The Morgan fingerprint density at radius 2 is 1.92 bits per heavy atom. The topological polar surface area (TPSA) is 43.4 Å². The van der Waals surface area contributed by atoms with Crippen molar-refractivity contribution < 1.29 is 14.3 Å². The van der Waals surface area contributed by atoms with Crippen molar-refractivity contribution in [3.63, 3.8) is 0 Å². The molecule has 1 aliphatic carbocycles. The first-order chi connectivity index (χ1) is 12.1. The first-order valence-electron chi connectivity index (χ1n) is 8.75. The van der Waals surface area contributed by atoms with E-state index in [9.17, 15) is 9.59 Å². The van der Waals surface area contributed by atoms with Crippen LogP contribution in [-0.4, -0.2) is 17.9 Å². The van der Waals surface area contributed by atoms with Crippen molar-refractivity contribution in [1.29, 1.82) is 0 Å². The molecule has 0 radical (unpaired) electrons. The van der Waals surface area contributed by atoms with Gasteiger partial charge in [0.2, 0.25) is 0 Å². The van der Waals surface area contributed by atoms with Crippen molar-refractivity contribution in [2.45, 2.75) is 47.1 Å². The molecule has 1 aromatic rings. The number of allylic oxidation sites excluding steroid dienone is 4. The van der Waals surface area contributed by atoms with Crippen molar-refractivity contribution in [3.8, 4) is 0 Å². The van der Waals surface area contributed by atoms with Crippen LogP contribution in [0.1, 0.15) is 40.2 Å². The van der Waals surface area contributed by atoms with E-state index in [-0.39, 0.29) is 5.78 Å². The molecule has 2 unspecified atom stereocenters. The second kappa shape index (κ2) is 8.14. The molecule has 2 atom stereocenters. The van der Waals surface area contributed by atoms with E-state index in [1.807, 2.05) is 45.1 Å². The molecule has 0 aliphatic heterocycles. The summed E-state index contributed by atoms with van der Waals surface area (Å²) in [5.41, 5.74) is 3.45. The Bertz CT molecular complexity index is 812. The standard InChI is InChI=1S/C22H27O3P/c1-14(10-12-17-8-6-7-9-19(17)26)11-13-18-15(2)20(24)21(22(18,4)5)25-16(3)23/h6-11,13,21H,12,26H2,1-5H3. The van der Waals surface area contributed by atoms with Crippen LogP contribution in [0.3, 0.4) is 0 Å². The fourth-order valence-electron chi connectivity index (χ4n) is 3.26. The normalized spacial score (nSPS) is 20.2. The smallest absolute Gasteiger partial charge is 0.303 e. The molecule has 0 saturated carbocycles. The monoisotopic (exact) mass is 370 g/mol. The lowest BCUT2D eigenvalue weighted by Crippen LogP contribution is -2.35. The molecule has 2 rings (SSSR count). The Morgan fingerprint density at radius 1 is 1.27 bits per heavy atom. The zero-order valence-corrected chi connectivity index (χ0v) is 17.3. The van der Waals surface area contributed by atoms with Gasteiger partial charge in [-0.05, 0) is 42.3 Å². The van der Waals surface area contributed by atoms with Gasteiger partial charge in [-0.3, -0.25) is 9.59 Å². The molecule has 0 saturated heterocycles. The Hall–Kier alpha value is -1.99. The third kappa shape index (κ3) is 4.40. The van der Waals surface area contributed by atoms with Gasteiger partial charge in [0.25, 0.3) is 0 Å². The van der Waals surface area contributed by atoms with E-state index in [1.54, 1.807) is 6.92 Å². The predicted octanol–water partition coefficient (Wildman–Crippen LogP) is 4.09. The van der Waals surface area contributed by atoms with Crippen molar-refractivity contribution in [3.05, 3.63) is 64.8 Å². The fourth-order valence-corrected chi connectivity index (χ4v) is 3.59. The van der Waals surface area contributed by atoms with E-state index >= 15 is 0 Å². The zero-order chi connectivity index (χ0) is 19.5. The number of rotatable bonds is 5. The maximum absolute atomic E-state index is 12.5. The molecule has 0 amide bonds. The predicted molar refractivity (Wildman–Crippen MR) is 109 cm³/mol. The average molecular weight is 370 g/mol. The lowest BCUT2D eigenvalue weighted by molar-refractivity contribution is -0.155. The van der Waals surface area contributed by atoms with Gasteiger partial charge in [0.15, 0.2) is 11.9 Å². The van der Waals surface area contributed by atoms with Gasteiger partial charge in [-0.1, -0.05) is 61.9 Å². The van der Waals surface area contributed by atoms with Gasteiger partial charge in [0.05, 0.1) is 0 Å². The minimum atomic E-state index is -0.743. The third-order valence-electron chi connectivity index (χ3n) is 4.86. The number of esters is 1. The fraction of sp³-hybridized carbons (Fsp3) is 0.364. The SMILES string of the molecule is CC(=O)OC1C(=O)C(C)=C(C=CC(C)=CCc2ccccc2P)C1(C)C. The molecule has 1 aromatic carbocycles. The van der Waals surface area contributed by atoms with Crippen LogP contribution >= 0.6 is 9.24 Å². The van der Waals surface area contributed by atoms with Crippen LogP contribution in [0.2, 0.25) is 0 Å². The van der Waals surface area contributed by atoms with Gasteiger partial charge in [-0.15, -0.1) is 9.24 Å². The van der Waals surface area contributed by atoms with Crippen molar-refractivity contribution in [1.82, 2.24) is 0 Å². The first kappa shape index (κ1) is 20.3. The second-order valence-corrected chi connectivity index (χ2v) is 7.92. The number of carbonyl (C=O) groups is 2. The number of Topliss-reactive ketones (excluding diaryl/α,β-unsaturated/α-hetero) is 1. The lowest BCUT2D eigenvalue weighted by Gasteiger charge is -2.27. The molecule has 0 bridgehead atoms. The summed E-state index contributed by atoms with van der Waals surface area (Å²) in [6.07, 6.45) is 6.28. The molecule has 0 fully saturated rings. The molecule has 0 N–H and O–H groups in total. The highest BCUT2D eigenvalue weighted by atomic mass is 31.0. The van der Waals surface area contributed by atoms with E-state index in [0.29, 0.717) is 5.57 Å². The number of hydrogen-bond donors (Lipinski definition) is 0. The lowest BCUT2D eigenvalue weighted by atomic mass is 9.82. The Labute approximate surface area is 158 Å². The van der Waals surface area contributed by atoms with Crippen molar-refractivity contribution in [2.24, 2.45) is 5.41 Å². The van der Waals surface area contributed by atoms with Crippen LogP contribution in [0.5, 0.6) is 0 Å². The third-order valence-corrected chi connectivity index (χ3v) is 5.42. The Balaban J connectivity index is 2.18. The van der Waals surface area contributed by atoms with E-state index in [0.717, 1.165) is 17.6 Å². The number of ketones is 1. The van der Waals surface area contributed by atoms with Crippen LogP contribution in [0.4, 0.5) is 0 Å². The number of benzene rings is 1. The van der Waals surface area contributed by atoms with Gasteiger partial charge in [0, 0.05) is 12.3 Å². The second-order valence-electron chi connectivity index (χ2n) is 7.30. The van der Waals surface area contributed by atoms with Gasteiger partial charge in [-0.2, -0.15) is 0 Å². The molecule has 4 heteroatoms. The zero-order valence-electron chi connectivity index (χ0n) is 16.1. The molecule has 1 aliphatic rings. The van der Waals surface area contributed by atoms with Gasteiger partial charge < -0.3 is 4.74 Å². The highest BCUT2D eigenvalue weighted by molar-refractivity contribution is 7.27. The van der Waals surface area contributed by atoms with Crippen LogP contribution < -0.4 is 5.30 Å². The van der Waals surface area contributed by atoms with Crippen molar-refractivity contribution >= 4 is 26.3 Å². The highest BCUT2D eigenvalue weighted by Gasteiger charge is 2.47. The largest absolute Gasteiger partial charge is 0.453 e. The summed E-state index contributed by atoms with van der Waals surface area (Å²) >= 11 is 0. The summed E-state index contributed by atoms with van der Waals surface area (Å²) in [6.45, 7) is 9.07. The Morgan fingerprint density at radius 3 is 2.54 bits per heavy atom. The van der Waals surface area contributed by atoms with Crippen molar-refractivity contribution in [2.75, 3.05) is 0 Å². The molecule has 0 aromatic heterocycles. The van der Waals surface area contributed by atoms with Crippen LogP contribution in [0, 0.1) is 5.41 Å². The van der Waals surface area contributed by atoms with Gasteiger partial charge >= 0.3 is 5.97 Å². The van der Waals surface area contributed by atoms with E-state index < -0.39 is 17.5 Å². The maximum atomic E-state index is 12.5. The first-order valence-corrected chi connectivity index (χ1v) is 9.33. The molecule has 26 heavy (non-hydrogen) atoms. The average Bonchev–Trinajstić information content (AvgIpc) is 2.72. The van der Waals surface area contributed by atoms with E-state index in [2.05, 4.69) is 27.4 Å². The van der Waals surface area contributed by atoms with Gasteiger partial charge in [0.1, 0.15) is 0 Å². The molecule has 0 heterocycles. The summed E-state index contributed by atoms with van der Waals surface area (Å²) in [4.78, 5) is 23.8. The molecular formula is C22H27O3P. The molecule has 138 valence electrons. The summed E-state index contributed by atoms with van der Waals surface area (Å²) in [5, 5.41) is 1.20. The highest BCUT2D eigenvalue weighted by Crippen LogP contribution is 2.43. The van der Waals surface area contributed by atoms with Crippen LogP contribution in [0.25, 0.3) is 0 Å². The summed E-state index contributed by atoms with van der Waals surface area (Å²) < 4.78 is 5.28. The van der Waals surface area contributed by atoms with Crippen LogP contribution in [-0.2, 0) is 20.7 Å². The minimum Gasteiger partial charge on any atom is -0.453 e. The van der Waals surface area contributed by atoms with Gasteiger partial charge in [-0.25, -0.2) is 0 Å². The van der Waals surface area contributed by atoms with E-state index in [4.69, 9.17) is 4.74 Å². The molecular weight excluding hydrogens is 343 g/mol. The molecule has 0 spiro atoms. The summed E-state index contributed by atoms with van der Waals surface area (Å²) in [6, 6.07) is 8.26. The summed E-state index contributed by atoms with van der Waals surface area (Å²) in [5.74, 6) is -0.537. The summed E-state index contributed by atoms with van der Waals surface area (Å²) in [7, 11) is 2.76. The quantitative estimate of drug-likeness (QED) is 0.445. The minimum absolute atomic E-state index is 0.108. The molecule has 3 nitrogen and oxygen atoms in total. The number of hydrogen-bond acceptors (Lipinski definition) is 3. The number of ether oxygens (including phenoxy) is 1. The number of carbonyl (C=O) groups excluding carboxylic acids is 2. The van der Waals surface area contributed by atoms with E-state index in [1.165, 1.54) is 17.8 Å². The van der Waals surface area contributed by atoms with Crippen LogP contribution in [0.15, 0.2) is 59.2 Å². The maximum Gasteiger partial charge on any atom is 0.303 e.